The summed E-state index contributed by atoms with van der Waals surface area (Å²) in [6, 6.07) is 0. The molecule has 2 fully saturated rings. The second kappa shape index (κ2) is 4.36. The van der Waals surface area contributed by atoms with Gasteiger partial charge in [0.1, 0.15) is 5.41 Å². The fraction of sp³-hybridized carbons (Fsp3) is 0.800. The highest BCUT2D eigenvalue weighted by molar-refractivity contribution is 5.89. The maximum atomic E-state index is 12.3. The molecule has 1 spiro atoms. The Morgan fingerprint density at radius 1 is 1.17 bits per heavy atom. The molecule has 0 amide bonds. The number of hydrogen-bond donors (Lipinski definition) is 0. The minimum atomic E-state index is -0.832. The molecule has 0 N–H and O–H groups in total. The van der Waals surface area contributed by atoms with Crippen molar-refractivity contribution in [2.24, 2.45) is 10.8 Å². The van der Waals surface area contributed by atoms with Crippen molar-refractivity contribution in [2.75, 3.05) is 13.2 Å². The summed E-state index contributed by atoms with van der Waals surface area (Å²) in [6.45, 7) is 9.06. The van der Waals surface area contributed by atoms with Crippen LogP contribution in [0.5, 0.6) is 0 Å². The van der Waals surface area contributed by atoms with E-state index in [-0.39, 0.29) is 11.2 Å². The largest absolute Gasteiger partial charge is 0.347 e. The van der Waals surface area contributed by atoms with Crippen LogP contribution < -0.4 is 0 Å². The molecule has 3 heteroatoms. The van der Waals surface area contributed by atoms with Gasteiger partial charge in [-0.25, -0.2) is 0 Å². The molecule has 2 rings (SSSR count). The molecule has 1 aliphatic carbocycles. The van der Waals surface area contributed by atoms with Gasteiger partial charge in [-0.1, -0.05) is 19.8 Å². The smallest absolute Gasteiger partial charge is 0.191 e. The van der Waals surface area contributed by atoms with E-state index in [1.165, 1.54) is 0 Å². The third-order valence-corrected chi connectivity index (χ3v) is 4.00. The first-order valence-electron chi connectivity index (χ1n) is 6.60. The Bertz CT molecular complexity index is 403. The van der Waals surface area contributed by atoms with Gasteiger partial charge >= 0.3 is 0 Å². The molecular formula is C15H22O3. The number of carbonyl (C=O) groups excluding carboxylic acids is 1. The summed E-state index contributed by atoms with van der Waals surface area (Å²) in [4.78, 5) is 12.3. The van der Waals surface area contributed by atoms with Crippen molar-refractivity contribution in [3.05, 3.63) is 0 Å². The first kappa shape index (κ1) is 13.6. The van der Waals surface area contributed by atoms with Crippen molar-refractivity contribution in [1.82, 2.24) is 0 Å². The molecule has 0 bridgehead atoms. The lowest BCUT2D eigenvalue weighted by atomic mass is 9.69. The number of hydrogen-bond acceptors (Lipinski definition) is 3. The third kappa shape index (κ3) is 1.98. The summed E-state index contributed by atoms with van der Waals surface area (Å²) in [5.41, 5.74) is -0.817. The Balaban J connectivity index is 2.34. The number of carbonyl (C=O) groups is 1. The van der Waals surface area contributed by atoms with E-state index in [4.69, 9.17) is 9.47 Å². The van der Waals surface area contributed by atoms with E-state index in [1.54, 1.807) is 6.92 Å². The summed E-state index contributed by atoms with van der Waals surface area (Å²) >= 11 is 0. The van der Waals surface area contributed by atoms with Gasteiger partial charge in [-0.15, -0.1) is 5.92 Å². The number of Topliss-reactive ketones (excluding diaryl/α,β-unsaturated/α-hetero) is 1. The predicted molar refractivity (Wildman–Crippen MR) is 68.8 cm³/mol. The Kier molecular flexibility index (Phi) is 3.29. The van der Waals surface area contributed by atoms with E-state index >= 15 is 0 Å². The van der Waals surface area contributed by atoms with Crippen LogP contribution in [-0.2, 0) is 14.3 Å². The van der Waals surface area contributed by atoms with Gasteiger partial charge in [0, 0.05) is 18.3 Å². The Hall–Kier alpha value is -0.850. The van der Waals surface area contributed by atoms with E-state index < -0.39 is 11.2 Å². The number of ketones is 1. The highest BCUT2D eigenvalue weighted by Crippen LogP contribution is 2.48. The predicted octanol–water partition coefficient (Wildman–Crippen LogP) is 2.54. The summed E-state index contributed by atoms with van der Waals surface area (Å²) in [7, 11) is 0. The van der Waals surface area contributed by atoms with Crippen LogP contribution in [-0.4, -0.2) is 24.8 Å². The molecule has 1 saturated carbocycles. The molecule has 0 radical (unpaired) electrons. The zero-order valence-corrected chi connectivity index (χ0v) is 11.8. The van der Waals surface area contributed by atoms with Crippen LogP contribution in [0.15, 0.2) is 0 Å². The normalized spacial score (nSPS) is 33.9. The summed E-state index contributed by atoms with van der Waals surface area (Å²) in [5.74, 6) is 5.23. The van der Waals surface area contributed by atoms with Crippen LogP contribution in [0, 0.1) is 22.7 Å². The Morgan fingerprint density at radius 3 is 2.33 bits per heavy atom. The summed E-state index contributed by atoms with van der Waals surface area (Å²) in [5, 5.41) is 0. The van der Waals surface area contributed by atoms with E-state index in [1.807, 2.05) is 6.92 Å². The molecule has 1 heterocycles. The molecular weight excluding hydrogens is 228 g/mol. The zero-order chi connectivity index (χ0) is 13.4. The first-order valence-corrected chi connectivity index (χ1v) is 6.60. The third-order valence-electron chi connectivity index (χ3n) is 4.00. The van der Waals surface area contributed by atoms with Crippen LogP contribution in [0.4, 0.5) is 0 Å². The fourth-order valence-corrected chi connectivity index (χ4v) is 2.75. The monoisotopic (exact) mass is 250 g/mol. The average Bonchev–Trinajstić information content (AvgIpc) is 2.30. The van der Waals surface area contributed by atoms with E-state index in [2.05, 4.69) is 25.7 Å². The minimum Gasteiger partial charge on any atom is -0.347 e. The second-order valence-corrected chi connectivity index (χ2v) is 6.27. The van der Waals surface area contributed by atoms with Crippen LogP contribution in [0.3, 0.4) is 0 Å². The molecule has 2 aliphatic rings. The molecule has 1 atom stereocenters. The lowest BCUT2D eigenvalue weighted by Crippen LogP contribution is -2.61. The van der Waals surface area contributed by atoms with Gasteiger partial charge in [0.15, 0.2) is 11.6 Å². The molecule has 1 unspecified atom stereocenters. The average molecular weight is 250 g/mol. The molecule has 1 aliphatic heterocycles. The first-order chi connectivity index (χ1) is 8.35. The standard InChI is InChI=1S/C15H22O3/c1-5-8-14(4)12(16)7-6-9-15(14)17-10-13(2,3)11-18-15/h6-7,9-11H2,1-4H3. The van der Waals surface area contributed by atoms with Gasteiger partial charge in [0.25, 0.3) is 0 Å². The van der Waals surface area contributed by atoms with Gasteiger partial charge in [-0.05, 0) is 20.3 Å². The Morgan fingerprint density at radius 2 is 1.78 bits per heavy atom. The van der Waals surface area contributed by atoms with Crippen molar-refractivity contribution in [3.8, 4) is 11.8 Å². The van der Waals surface area contributed by atoms with Crippen molar-refractivity contribution in [2.45, 2.75) is 52.7 Å². The molecule has 0 aromatic carbocycles. The highest BCUT2D eigenvalue weighted by Gasteiger charge is 2.58. The molecule has 3 nitrogen and oxygen atoms in total. The van der Waals surface area contributed by atoms with Gasteiger partial charge in [-0.3, -0.25) is 4.79 Å². The maximum absolute atomic E-state index is 12.3. The zero-order valence-electron chi connectivity index (χ0n) is 11.8. The summed E-state index contributed by atoms with van der Waals surface area (Å²) in [6.07, 6.45) is 2.14. The number of ether oxygens (including phenoxy) is 2. The van der Waals surface area contributed by atoms with Gasteiger partial charge in [0.05, 0.1) is 13.2 Å². The van der Waals surface area contributed by atoms with Crippen LogP contribution in [0.1, 0.15) is 47.0 Å². The molecule has 18 heavy (non-hydrogen) atoms. The topological polar surface area (TPSA) is 35.5 Å². The van der Waals surface area contributed by atoms with Crippen molar-refractivity contribution in [1.29, 1.82) is 0 Å². The van der Waals surface area contributed by atoms with Crippen molar-refractivity contribution < 1.29 is 14.3 Å². The second-order valence-electron chi connectivity index (χ2n) is 6.27. The van der Waals surface area contributed by atoms with Gasteiger partial charge < -0.3 is 9.47 Å². The molecule has 1 saturated heterocycles. The maximum Gasteiger partial charge on any atom is 0.191 e. The van der Waals surface area contributed by atoms with Crippen LogP contribution in [0.2, 0.25) is 0 Å². The Labute approximate surface area is 109 Å². The van der Waals surface area contributed by atoms with Crippen LogP contribution >= 0.6 is 0 Å². The molecule has 100 valence electrons. The van der Waals surface area contributed by atoms with Crippen LogP contribution in [0.25, 0.3) is 0 Å². The van der Waals surface area contributed by atoms with Crippen molar-refractivity contribution >= 4 is 5.78 Å². The SMILES string of the molecule is CC#CC1(C)C(=O)CCCC12OCC(C)(C)CO2. The van der Waals surface area contributed by atoms with E-state index in [0.717, 1.165) is 12.8 Å². The minimum absolute atomic E-state index is 0.00625. The summed E-state index contributed by atoms with van der Waals surface area (Å²) < 4.78 is 12.0. The molecule has 0 aromatic rings. The van der Waals surface area contributed by atoms with E-state index in [0.29, 0.717) is 19.6 Å². The lowest BCUT2D eigenvalue weighted by Gasteiger charge is -2.52. The van der Waals surface area contributed by atoms with Crippen molar-refractivity contribution in [3.63, 3.8) is 0 Å². The lowest BCUT2D eigenvalue weighted by molar-refractivity contribution is -0.335. The van der Waals surface area contributed by atoms with Gasteiger partial charge in [-0.2, -0.15) is 0 Å². The quantitative estimate of drug-likeness (QED) is 0.620. The van der Waals surface area contributed by atoms with Gasteiger partial charge in [0.2, 0.25) is 0 Å². The fourth-order valence-electron chi connectivity index (χ4n) is 2.75. The highest BCUT2D eigenvalue weighted by atomic mass is 16.7. The molecule has 0 aromatic heterocycles. The van der Waals surface area contributed by atoms with E-state index in [9.17, 15) is 4.79 Å². The number of rotatable bonds is 0.